The first-order valence-electron chi connectivity index (χ1n) is 7.37. The molecule has 1 aromatic heterocycles. The van der Waals surface area contributed by atoms with Gasteiger partial charge in [-0.3, -0.25) is 4.79 Å². The van der Waals surface area contributed by atoms with Crippen molar-refractivity contribution in [3.05, 3.63) is 63.8 Å². The van der Waals surface area contributed by atoms with Crippen molar-refractivity contribution >= 4 is 34.8 Å². The quantitative estimate of drug-likeness (QED) is 0.677. The molecule has 2 aromatic carbocycles. The summed E-state index contributed by atoms with van der Waals surface area (Å²) in [5.74, 6) is 0.555. The van der Waals surface area contributed by atoms with Gasteiger partial charge in [-0.1, -0.05) is 46.6 Å². The summed E-state index contributed by atoms with van der Waals surface area (Å²) in [5.41, 5.74) is 1.86. The molecule has 0 saturated heterocycles. The molecule has 1 heterocycles. The number of benzene rings is 2. The zero-order valence-corrected chi connectivity index (χ0v) is 15.0. The standard InChI is InChI=1S/C18H14Cl2N2O3/c1-10-16(17(22-25-10)12-5-3-4-6-13(12)19)18(23)21-11-7-8-15(24-2)14(20)9-11/h3-9H,1-2H3,(H,21,23). The number of aromatic nitrogens is 1. The molecule has 0 fully saturated rings. The summed E-state index contributed by atoms with van der Waals surface area (Å²) in [6, 6.07) is 12.1. The first-order chi connectivity index (χ1) is 12.0. The van der Waals surface area contributed by atoms with Crippen molar-refractivity contribution in [1.82, 2.24) is 5.16 Å². The Hall–Kier alpha value is -2.50. The highest BCUT2D eigenvalue weighted by molar-refractivity contribution is 6.33. The van der Waals surface area contributed by atoms with Gasteiger partial charge in [0.2, 0.25) is 0 Å². The van der Waals surface area contributed by atoms with E-state index in [1.54, 1.807) is 43.3 Å². The average Bonchev–Trinajstić information content (AvgIpc) is 2.97. The Morgan fingerprint density at radius 1 is 1.16 bits per heavy atom. The van der Waals surface area contributed by atoms with Gasteiger partial charge in [-0.2, -0.15) is 0 Å². The van der Waals surface area contributed by atoms with Crippen LogP contribution in [0.3, 0.4) is 0 Å². The molecule has 0 spiro atoms. The predicted octanol–water partition coefficient (Wildman–Crippen LogP) is 5.22. The number of nitrogens with one attached hydrogen (secondary N) is 1. The molecule has 128 valence electrons. The number of anilines is 1. The number of halogens is 2. The molecule has 0 aliphatic heterocycles. The van der Waals surface area contributed by atoms with E-state index in [1.165, 1.54) is 7.11 Å². The van der Waals surface area contributed by atoms with Crippen molar-refractivity contribution in [2.24, 2.45) is 0 Å². The zero-order valence-electron chi connectivity index (χ0n) is 13.5. The Balaban J connectivity index is 1.95. The normalized spacial score (nSPS) is 10.6. The molecule has 5 nitrogen and oxygen atoms in total. The maximum absolute atomic E-state index is 12.7. The molecule has 0 saturated carbocycles. The third kappa shape index (κ3) is 3.48. The van der Waals surface area contributed by atoms with Crippen LogP contribution in [0.4, 0.5) is 5.69 Å². The summed E-state index contributed by atoms with van der Waals surface area (Å²) in [4.78, 5) is 12.7. The maximum atomic E-state index is 12.7. The van der Waals surface area contributed by atoms with Gasteiger partial charge in [0, 0.05) is 11.3 Å². The van der Waals surface area contributed by atoms with Crippen LogP contribution >= 0.6 is 23.2 Å². The lowest BCUT2D eigenvalue weighted by Gasteiger charge is -2.09. The largest absolute Gasteiger partial charge is 0.495 e. The van der Waals surface area contributed by atoms with Crippen molar-refractivity contribution in [2.45, 2.75) is 6.92 Å². The van der Waals surface area contributed by atoms with Crippen LogP contribution in [-0.4, -0.2) is 18.2 Å². The van der Waals surface area contributed by atoms with Crippen molar-refractivity contribution < 1.29 is 14.1 Å². The van der Waals surface area contributed by atoms with Gasteiger partial charge in [0.05, 0.1) is 17.2 Å². The summed E-state index contributed by atoms with van der Waals surface area (Å²) >= 11 is 12.3. The third-order valence-electron chi connectivity index (χ3n) is 3.63. The molecule has 25 heavy (non-hydrogen) atoms. The number of nitrogens with zero attached hydrogens (tertiary/aromatic N) is 1. The van der Waals surface area contributed by atoms with Gasteiger partial charge in [-0.25, -0.2) is 0 Å². The topological polar surface area (TPSA) is 64.4 Å². The fraction of sp³-hybridized carbons (Fsp3) is 0.111. The van der Waals surface area contributed by atoms with Crippen LogP contribution in [0.15, 0.2) is 47.0 Å². The molecular formula is C18H14Cl2N2O3. The lowest BCUT2D eigenvalue weighted by molar-refractivity contribution is 0.102. The average molecular weight is 377 g/mol. The minimum Gasteiger partial charge on any atom is -0.495 e. The second-order valence-corrected chi connectivity index (χ2v) is 6.06. The first-order valence-corrected chi connectivity index (χ1v) is 8.13. The molecule has 0 aliphatic carbocycles. The molecule has 0 bridgehead atoms. The van der Waals surface area contributed by atoms with E-state index in [9.17, 15) is 4.79 Å². The molecule has 0 radical (unpaired) electrons. The van der Waals surface area contributed by atoms with Crippen molar-refractivity contribution in [1.29, 1.82) is 0 Å². The molecule has 1 amide bonds. The number of aryl methyl sites for hydroxylation is 1. The monoisotopic (exact) mass is 376 g/mol. The van der Waals surface area contributed by atoms with E-state index in [0.29, 0.717) is 44.1 Å². The van der Waals surface area contributed by atoms with Gasteiger partial charge < -0.3 is 14.6 Å². The summed E-state index contributed by atoms with van der Waals surface area (Å²) in [6.45, 7) is 1.67. The maximum Gasteiger partial charge on any atom is 0.261 e. The van der Waals surface area contributed by atoms with Crippen molar-refractivity contribution in [3.8, 4) is 17.0 Å². The van der Waals surface area contributed by atoms with Crippen LogP contribution < -0.4 is 10.1 Å². The molecule has 3 rings (SSSR count). The molecule has 7 heteroatoms. The Kier molecular flexibility index (Phi) is 4.97. The Bertz CT molecular complexity index is 938. The fourth-order valence-corrected chi connectivity index (χ4v) is 2.90. The van der Waals surface area contributed by atoms with Crippen LogP contribution in [0.5, 0.6) is 5.75 Å². The van der Waals surface area contributed by atoms with Crippen LogP contribution in [-0.2, 0) is 0 Å². The number of rotatable bonds is 4. The molecule has 3 aromatic rings. The smallest absolute Gasteiger partial charge is 0.261 e. The van der Waals surface area contributed by atoms with Gasteiger partial charge in [0.25, 0.3) is 5.91 Å². The van der Waals surface area contributed by atoms with E-state index in [0.717, 1.165) is 0 Å². The summed E-state index contributed by atoms with van der Waals surface area (Å²) in [7, 11) is 1.52. The van der Waals surface area contributed by atoms with Crippen LogP contribution in [0.2, 0.25) is 10.0 Å². The van der Waals surface area contributed by atoms with E-state index in [4.69, 9.17) is 32.5 Å². The van der Waals surface area contributed by atoms with Gasteiger partial charge in [-0.15, -0.1) is 0 Å². The molecule has 0 aliphatic rings. The number of hydrogen-bond acceptors (Lipinski definition) is 4. The van der Waals surface area contributed by atoms with Crippen LogP contribution in [0, 0.1) is 6.92 Å². The predicted molar refractivity (Wildman–Crippen MR) is 97.6 cm³/mol. The molecule has 0 atom stereocenters. The summed E-state index contributed by atoms with van der Waals surface area (Å²) in [6.07, 6.45) is 0. The summed E-state index contributed by atoms with van der Waals surface area (Å²) in [5, 5.41) is 7.65. The van der Waals surface area contributed by atoms with Crippen LogP contribution in [0.25, 0.3) is 11.3 Å². The Labute approximate surface area is 154 Å². The fourth-order valence-electron chi connectivity index (χ4n) is 2.41. The minimum atomic E-state index is -0.366. The van der Waals surface area contributed by atoms with Crippen molar-refractivity contribution in [2.75, 3.05) is 12.4 Å². The number of methoxy groups -OCH3 is 1. The van der Waals surface area contributed by atoms with E-state index >= 15 is 0 Å². The second-order valence-electron chi connectivity index (χ2n) is 5.25. The van der Waals surface area contributed by atoms with E-state index in [-0.39, 0.29) is 5.91 Å². The number of carbonyl (C=O) groups excluding carboxylic acids is 1. The second kappa shape index (κ2) is 7.17. The SMILES string of the molecule is COc1ccc(NC(=O)c2c(-c3ccccc3Cl)noc2C)cc1Cl. The van der Waals surface area contributed by atoms with Crippen molar-refractivity contribution in [3.63, 3.8) is 0 Å². The van der Waals surface area contributed by atoms with E-state index < -0.39 is 0 Å². The highest BCUT2D eigenvalue weighted by atomic mass is 35.5. The first kappa shape index (κ1) is 17.3. The number of amides is 1. The number of hydrogen-bond donors (Lipinski definition) is 1. The van der Waals surface area contributed by atoms with E-state index in [1.807, 2.05) is 6.07 Å². The minimum absolute atomic E-state index is 0.319. The Morgan fingerprint density at radius 2 is 1.92 bits per heavy atom. The summed E-state index contributed by atoms with van der Waals surface area (Å²) < 4.78 is 10.3. The van der Waals surface area contributed by atoms with Gasteiger partial charge in [0.1, 0.15) is 22.8 Å². The lowest BCUT2D eigenvalue weighted by atomic mass is 10.1. The highest BCUT2D eigenvalue weighted by Crippen LogP contribution is 2.32. The Morgan fingerprint density at radius 3 is 2.60 bits per heavy atom. The van der Waals surface area contributed by atoms with Crippen LogP contribution in [0.1, 0.15) is 16.1 Å². The molecule has 1 N–H and O–H groups in total. The van der Waals surface area contributed by atoms with Gasteiger partial charge >= 0.3 is 0 Å². The third-order valence-corrected chi connectivity index (χ3v) is 4.25. The number of carbonyl (C=O) groups is 1. The lowest BCUT2D eigenvalue weighted by Crippen LogP contribution is -2.13. The molecule has 0 unspecified atom stereocenters. The molecular weight excluding hydrogens is 363 g/mol. The van der Waals surface area contributed by atoms with E-state index in [2.05, 4.69) is 10.5 Å². The van der Waals surface area contributed by atoms with Gasteiger partial charge in [-0.05, 0) is 31.2 Å². The highest BCUT2D eigenvalue weighted by Gasteiger charge is 2.23. The van der Waals surface area contributed by atoms with Gasteiger partial charge in [0.15, 0.2) is 0 Å². The number of ether oxygens (including phenoxy) is 1. The zero-order chi connectivity index (χ0) is 18.0.